The van der Waals surface area contributed by atoms with Gasteiger partial charge in [0.1, 0.15) is 5.75 Å². The van der Waals surface area contributed by atoms with E-state index >= 15 is 0 Å². The van der Waals surface area contributed by atoms with Crippen molar-refractivity contribution in [1.82, 2.24) is 9.78 Å². The van der Waals surface area contributed by atoms with Crippen molar-refractivity contribution in [1.29, 1.82) is 0 Å². The van der Waals surface area contributed by atoms with Gasteiger partial charge in [-0.3, -0.25) is 9.48 Å². The second-order valence-corrected chi connectivity index (χ2v) is 5.86. The lowest BCUT2D eigenvalue weighted by molar-refractivity contribution is 0.102. The Labute approximate surface area is 151 Å². The first kappa shape index (κ1) is 17.0. The van der Waals surface area contributed by atoms with Crippen LogP contribution in [0.5, 0.6) is 5.75 Å². The van der Waals surface area contributed by atoms with Crippen LogP contribution in [0.15, 0.2) is 54.6 Å². The number of nitrogens with zero attached hydrogens (tertiary/aromatic N) is 2. The van der Waals surface area contributed by atoms with E-state index in [2.05, 4.69) is 10.4 Å². The Bertz CT molecular complexity index is 905. The lowest BCUT2D eigenvalue weighted by Gasteiger charge is -2.05. The van der Waals surface area contributed by atoms with Crippen LogP contribution in [-0.4, -0.2) is 22.8 Å². The molecule has 0 fully saturated rings. The first-order valence-corrected chi connectivity index (χ1v) is 8.27. The zero-order chi connectivity index (χ0) is 17.8. The zero-order valence-corrected chi connectivity index (χ0v) is 14.7. The van der Waals surface area contributed by atoms with E-state index in [-0.39, 0.29) is 5.91 Å². The number of hydrogen-bond donors (Lipinski definition) is 1. The highest BCUT2D eigenvalue weighted by atomic mass is 35.5. The normalized spacial score (nSPS) is 10.5. The fourth-order valence-corrected chi connectivity index (χ4v) is 2.74. The van der Waals surface area contributed by atoms with Crippen molar-refractivity contribution >= 4 is 23.2 Å². The number of methoxy groups -OCH3 is 1. The second-order valence-electron chi connectivity index (χ2n) is 5.43. The van der Waals surface area contributed by atoms with Crippen molar-refractivity contribution < 1.29 is 9.53 Å². The molecule has 0 aliphatic rings. The molecule has 3 aromatic rings. The molecular weight excluding hydrogens is 338 g/mol. The molecule has 0 saturated carbocycles. The summed E-state index contributed by atoms with van der Waals surface area (Å²) in [7, 11) is 1.58. The van der Waals surface area contributed by atoms with Gasteiger partial charge in [-0.15, -0.1) is 0 Å². The summed E-state index contributed by atoms with van der Waals surface area (Å²) < 4.78 is 6.95. The molecular formula is C19H18ClN3O2. The van der Waals surface area contributed by atoms with E-state index in [1.54, 1.807) is 30.0 Å². The van der Waals surface area contributed by atoms with Crippen molar-refractivity contribution in [2.75, 3.05) is 12.4 Å². The smallest absolute Gasteiger partial charge is 0.276 e. The lowest BCUT2D eigenvalue weighted by Crippen LogP contribution is -2.13. The van der Waals surface area contributed by atoms with Crippen LogP contribution in [0.4, 0.5) is 5.69 Å². The molecule has 6 heteroatoms. The summed E-state index contributed by atoms with van der Waals surface area (Å²) in [6.07, 6.45) is 0. The molecule has 25 heavy (non-hydrogen) atoms. The maximum atomic E-state index is 12.5. The number of anilines is 1. The summed E-state index contributed by atoms with van der Waals surface area (Å²) in [5.41, 5.74) is 2.77. The monoisotopic (exact) mass is 355 g/mol. The maximum absolute atomic E-state index is 12.5. The average molecular weight is 356 g/mol. The molecule has 0 bridgehead atoms. The number of aromatic nitrogens is 2. The number of rotatable bonds is 5. The van der Waals surface area contributed by atoms with Gasteiger partial charge >= 0.3 is 0 Å². The molecule has 0 spiro atoms. The van der Waals surface area contributed by atoms with Crippen LogP contribution in [0.3, 0.4) is 0 Å². The maximum Gasteiger partial charge on any atom is 0.276 e. The lowest BCUT2D eigenvalue weighted by atomic mass is 10.1. The molecule has 0 unspecified atom stereocenters. The molecule has 1 N–H and O–H groups in total. The number of amides is 1. The van der Waals surface area contributed by atoms with E-state index in [9.17, 15) is 4.79 Å². The molecule has 0 saturated heterocycles. The first-order valence-electron chi connectivity index (χ1n) is 7.90. The van der Waals surface area contributed by atoms with Crippen LogP contribution in [0.25, 0.3) is 11.3 Å². The Kier molecular flexibility index (Phi) is 5.05. The van der Waals surface area contributed by atoms with Gasteiger partial charge in [-0.25, -0.2) is 0 Å². The minimum Gasteiger partial charge on any atom is -0.497 e. The summed E-state index contributed by atoms with van der Waals surface area (Å²) in [6, 6.07) is 16.4. The number of carbonyl (C=O) groups is 1. The number of ether oxygens (including phenoxy) is 1. The summed E-state index contributed by atoms with van der Waals surface area (Å²) in [4.78, 5) is 12.5. The molecule has 1 amide bonds. The van der Waals surface area contributed by atoms with Crippen LogP contribution < -0.4 is 10.1 Å². The van der Waals surface area contributed by atoms with Gasteiger partial charge in [0.2, 0.25) is 0 Å². The molecule has 3 rings (SSSR count). The van der Waals surface area contributed by atoms with E-state index in [0.29, 0.717) is 28.7 Å². The number of halogens is 1. The van der Waals surface area contributed by atoms with Crippen LogP contribution >= 0.6 is 11.6 Å². The fraction of sp³-hybridized carbons (Fsp3) is 0.158. The standard InChI is InChI=1S/C19H18ClN3O2/c1-3-23-18(13-6-4-7-14(20)10-13)12-17(22-23)19(24)21-15-8-5-9-16(11-15)25-2/h4-12H,3H2,1-2H3,(H,21,24). The van der Waals surface area contributed by atoms with Crippen LogP contribution in [0, 0.1) is 0 Å². The topological polar surface area (TPSA) is 56.2 Å². The van der Waals surface area contributed by atoms with Crippen LogP contribution in [-0.2, 0) is 6.54 Å². The highest BCUT2D eigenvalue weighted by Gasteiger charge is 2.15. The SMILES string of the molecule is CCn1nc(C(=O)Nc2cccc(OC)c2)cc1-c1cccc(Cl)c1. The number of carbonyl (C=O) groups excluding carboxylic acids is 1. The first-order chi connectivity index (χ1) is 12.1. The highest BCUT2D eigenvalue weighted by Crippen LogP contribution is 2.24. The van der Waals surface area contributed by atoms with Crippen molar-refractivity contribution in [2.45, 2.75) is 13.5 Å². The van der Waals surface area contributed by atoms with Crippen molar-refractivity contribution in [2.24, 2.45) is 0 Å². The van der Waals surface area contributed by atoms with E-state index in [4.69, 9.17) is 16.3 Å². The quantitative estimate of drug-likeness (QED) is 0.733. The fourth-order valence-electron chi connectivity index (χ4n) is 2.54. The van der Waals surface area contributed by atoms with Gasteiger partial charge in [0.05, 0.1) is 12.8 Å². The van der Waals surface area contributed by atoms with Gasteiger partial charge in [-0.1, -0.05) is 29.8 Å². The molecule has 1 heterocycles. The minimum atomic E-state index is -0.274. The minimum absolute atomic E-state index is 0.274. The number of benzene rings is 2. The largest absolute Gasteiger partial charge is 0.497 e. The summed E-state index contributed by atoms with van der Waals surface area (Å²) in [6.45, 7) is 2.62. The zero-order valence-electron chi connectivity index (χ0n) is 14.0. The van der Waals surface area contributed by atoms with Crippen molar-refractivity contribution in [3.05, 3.63) is 65.3 Å². The van der Waals surface area contributed by atoms with Gasteiger partial charge in [-0.2, -0.15) is 5.10 Å². The van der Waals surface area contributed by atoms with Crippen LogP contribution in [0.2, 0.25) is 5.02 Å². The Morgan fingerprint density at radius 3 is 2.72 bits per heavy atom. The number of nitrogens with one attached hydrogen (secondary N) is 1. The molecule has 2 aromatic carbocycles. The van der Waals surface area contributed by atoms with Gasteiger partial charge in [0.25, 0.3) is 5.91 Å². The summed E-state index contributed by atoms with van der Waals surface area (Å²) in [5, 5.41) is 7.89. The molecule has 128 valence electrons. The number of aryl methyl sites for hydroxylation is 1. The Balaban J connectivity index is 1.88. The third-order valence-corrected chi connectivity index (χ3v) is 4.00. The second kappa shape index (κ2) is 7.40. The third kappa shape index (κ3) is 3.83. The molecule has 0 aliphatic heterocycles. The average Bonchev–Trinajstić information content (AvgIpc) is 3.06. The van der Waals surface area contributed by atoms with E-state index < -0.39 is 0 Å². The molecule has 0 atom stereocenters. The Morgan fingerprint density at radius 2 is 2.00 bits per heavy atom. The number of hydrogen-bond acceptors (Lipinski definition) is 3. The van der Waals surface area contributed by atoms with Crippen molar-refractivity contribution in [3.63, 3.8) is 0 Å². The third-order valence-electron chi connectivity index (χ3n) is 3.76. The highest BCUT2D eigenvalue weighted by molar-refractivity contribution is 6.30. The van der Waals surface area contributed by atoms with Gasteiger partial charge in [0.15, 0.2) is 5.69 Å². The molecule has 0 aliphatic carbocycles. The van der Waals surface area contributed by atoms with E-state index in [1.165, 1.54) is 0 Å². The Morgan fingerprint density at radius 1 is 1.20 bits per heavy atom. The van der Waals surface area contributed by atoms with Crippen LogP contribution in [0.1, 0.15) is 17.4 Å². The molecule has 0 radical (unpaired) electrons. The summed E-state index contributed by atoms with van der Waals surface area (Å²) in [5.74, 6) is 0.403. The van der Waals surface area contributed by atoms with Gasteiger partial charge in [0, 0.05) is 28.9 Å². The van der Waals surface area contributed by atoms with Crippen molar-refractivity contribution in [3.8, 4) is 17.0 Å². The predicted octanol–water partition coefficient (Wildman–Crippen LogP) is 4.48. The van der Waals surface area contributed by atoms with E-state index in [1.807, 2.05) is 43.3 Å². The Hall–Kier alpha value is -2.79. The molecule has 5 nitrogen and oxygen atoms in total. The van der Waals surface area contributed by atoms with Gasteiger partial charge in [-0.05, 0) is 37.3 Å². The summed E-state index contributed by atoms with van der Waals surface area (Å²) >= 11 is 6.07. The molecule has 1 aromatic heterocycles. The predicted molar refractivity (Wildman–Crippen MR) is 99.3 cm³/mol. The van der Waals surface area contributed by atoms with E-state index in [0.717, 1.165) is 11.3 Å². The van der Waals surface area contributed by atoms with Gasteiger partial charge < -0.3 is 10.1 Å².